The number of aromatic nitrogens is 3. The summed E-state index contributed by atoms with van der Waals surface area (Å²) in [4.78, 5) is 24.5. The van der Waals surface area contributed by atoms with Crippen molar-refractivity contribution < 1.29 is 19.4 Å². The van der Waals surface area contributed by atoms with Crippen LogP contribution in [0.15, 0.2) is 53.7 Å². The summed E-state index contributed by atoms with van der Waals surface area (Å²) in [5, 5.41) is 23.7. The van der Waals surface area contributed by atoms with Gasteiger partial charge in [0.1, 0.15) is 17.3 Å². The number of rotatable bonds is 8. The molecular weight excluding hydrogens is 406 g/mol. The van der Waals surface area contributed by atoms with Crippen molar-refractivity contribution in [3.63, 3.8) is 0 Å². The average Bonchev–Trinajstić information content (AvgIpc) is 3.08. The van der Waals surface area contributed by atoms with Crippen molar-refractivity contribution in [3.8, 4) is 11.5 Å². The number of amides is 2. The number of ether oxygens (including phenoxy) is 1. The van der Waals surface area contributed by atoms with E-state index in [2.05, 4.69) is 20.8 Å². The highest BCUT2D eigenvalue weighted by Crippen LogP contribution is 2.24. The van der Waals surface area contributed by atoms with Crippen LogP contribution in [0.25, 0.3) is 0 Å². The standard InChI is InChI=1S/C20H21N5O4S/c1-25-17(11-18(27)22-14-8-4-6-10-16(14)29-2)23-24-20(25)30-12-19(28)21-13-7-3-5-9-15(13)26/h3-10,26H,11-12H2,1-2H3,(H,21,28)(H,22,27). The second-order valence-electron chi connectivity index (χ2n) is 6.24. The average molecular weight is 427 g/mol. The molecule has 0 atom stereocenters. The number of aromatic hydroxyl groups is 1. The van der Waals surface area contributed by atoms with E-state index in [1.165, 1.54) is 24.9 Å². The molecule has 0 aliphatic rings. The lowest BCUT2D eigenvalue weighted by Crippen LogP contribution is -2.17. The minimum atomic E-state index is -0.292. The minimum absolute atomic E-state index is 0.00199. The maximum absolute atomic E-state index is 12.4. The molecule has 30 heavy (non-hydrogen) atoms. The summed E-state index contributed by atoms with van der Waals surface area (Å²) in [6.07, 6.45) is 0.0200. The molecular formula is C20H21N5O4S. The first-order valence-corrected chi connectivity index (χ1v) is 9.98. The Hall–Kier alpha value is -3.53. The van der Waals surface area contributed by atoms with E-state index in [0.29, 0.717) is 28.1 Å². The summed E-state index contributed by atoms with van der Waals surface area (Å²) in [6.45, 7) is 0. The minimum Gasteiger partial charge on any atom is -0.506 e. The topological polar surface area (TPSA) is 118 Å². The molecule has 0 radical (unpaired) electrons. The Morgan fingerprint density at radius 1 is 1.03 bits per heavy atom. The molecule has 0 aliphatic heterocycles. The van der Waals surface area contributed by atoms with Gasteiger partial charge in [0, 0.05) is 7.05 Å². The van der Waals surface area contributed by atoms with Gasteiger partial charge in [-0.1, -0.05) is 36.0 Å². The fourth-order valence-corrected chi connectivity index (χ4v) is 3.34. The van der Waals surface area contributed by atoms with Crippen LogP contribution < -0.4 is 15.4 Å². The highest BCUT2D eigenvalue weighted by Gasteiger charge is 2.16. The first-order valence-electron chi connectivity index (χ1n) is 8.99. The number of nitrogens with one attached hydrogen (secondary N) is 2. The third-order valence-corrected chi connectivity index (χ3v) is 5.16. The molecule has 0 saturated heterocycles. The summed E-state index contributed by atoms with van der Waals surface area (Å²) < 4.78 is 6.89. The van der Waals surface area contributed by atoms with Crippen molar-refractivity contribution >= 4 is 35.0 Å². The van der Waals surface area contributed by atoms with Crippen LogP contribution in [0.3, 0.4) is 0 Å². The van der Waals surface area contributed by atoms with Gasteiger partial charge in [0.15, 0.2) is 5.16 Å². The van der Waals surface area contributed by atoms with E-state index in [0.717, 1.165) is 0 Å². The van der Waals surface area contributed by atoms with Gasteiger partial charge in [-0.05, 0) is 24.3 Å². The number of phenols is 1. The fraction of sp³-hybridized carbons (Fsp3) is 0.200. The predicted octanol–water partition coefficient (Wildman–Crippen LogP) is 2.44. The zero-order valence-corrected chi connectivity index (χ0v) is 17.3. The van der Waals surface area contributed by atoms with Crippen molar-refractivity contribution in [2.24, 2.45) is 7.05 Å². The Morgan fingerprint density at radius 3 is 2.43 bits per heavy atom. The van der Waals surface area contributed by atoms with E-state index in [9.17, 15) is 14.7 Å². The van der Waals surface area contributed by atoms with Crippen LogP contribution in [-0.2, 0) is 23.1 Å². The number of hydrogen-bond donors (Lipinski definition) is 3. The van der Waals surface area contributed by atoms with Gasteiger partial charge in [0.25, 0.3) is 0 Å². The number of carbonyl (C=O) groups is 2. The first-order chi connectivity index (χ1) is 14.5. The molecule has 2 amide bonds. The lowest BCUT2D eigenvalue weighted by atomic mass is 10.2. The van der Waals surface area contributed by atoms with Crippen LogP contribution >= 0.6 is 11.8 Å². The predicted molar refractivity (Wildman–Crippen MR) is 114 cm³/mol. The van der Waals surface area contributed by atoms with E-state index < -0.39 is 0 Å². The summed E-state index contributed by atoms with van der Waals surface area (Å²) in [7, 11) is 3.27. The van der Waals surface area contributed by atoms with Gasteiger partial charge in [-0.3, -0.25) is 9.59 Å². The van der Waals surface area contributed by atoms with E-state index >= 15 is 0 Å². The molecule has 0 aliphatic carbocycles. The fourth-order valence-electron chi connectivity index (χ4n) is 2.61. The number of thioether (sulfide) groups is 1. The van der Waals surface area contributed by atoms with Gasteiger partial charge in [-0.25, -0.2) is 0 Å². The Kier molecular flexibility index (Phi) is 6.91. The third-order valence-electron chi connectivity index (χ3n) is 4.14. The van der Waals surface area contributed by atoms with Crippen LogP contribution in [0, 0.1) is 0 Å². The normalized spacial score (nSPS) is 10.5. The second-order valence-corrected chi connectivity index (χ2v) is 7.18. The van der Waals surface area contributed by atoms with Crippen molar-refractivity contribution in [1.29, 1.82) is 0 Å². The smallest absolute Gasteiger partial charge is 0.234 e. The molecule has 3 N–H and O–H groups in total. The number of anilines is 2. The van der Waals surface area contributed by atoms with E-state index in [1.54, 1.807) is 48.0 Å². The van der Waals surface area contributed by atoms with Crippen LogP contribution in [-0.4, -0.2) is 44.5 Å². The highest BCUT2D eigenvalue weighted by atomic mass is 32.2. The number of hydrogen-bond acceptors (Lipinski definition) is 7. The molecule has 0 unspecified atom stereocenters. The molecule has 0 fully saturated rings. The maximum Gasteiger partial charge on any atom is 0.234 e. The van der Waals surface area contributed by atoms with Crippen molar-refractivity contribution in [1.82, 2.24) is 14.8 Å². The number of phenolic OH excluding ortho intramolecular Hbond substituents is 1. The van der Waals surface area contributed by atoms with Crippen LogP contribution in [0.2, 0.25) is 0 Å². The SMILES string of the molecule is COc1ccccc1NC(=O)Cc1nnc(SCC(=O)Nc2ccccc2O)n1C. The number of nitrogens with zero attached hydrogens (tertiary/aromatic N) is 3. The molecule has 3 aromatic rings. The first kappa shape index (κ1) is 21.2. The van der Waals surface area contributed by atoms with E-state index in [1.807, 2.05) is 6.07 Å². The largest absolute Gasteiger partial charge is 0.506 e. The molecule has 9 nitrogen and oxygen atoms in total. The Morgan fingerprint density at radius 2 is 1.70 bits per heavy atom. The van der Waals surface area contributed by atoms with Crippen molar-refractivity contribution in [3.05, 3.63) is 54.4 Å². The van der Waals surface area contributed by atoms with Crippen molar-refractivity contribution in [2.75, 3.05) is 23.5 Å². The lowest BCUT2D eigenvalue weighted by Gasteiger charge is -2.09. The van der Waals surface area contributed by atoms with E-state index in [-0.39, 0.29) is 29.7 Å². The number of carbonyl (C=O) groups excluding carboxylic acids is 2. The zero-order chi connectivity index (χ0) is 21.5. The number of methoxy groups -OCH3 is 1. The molecule has 0 bridgehead atoms. The molecule has 156 valence electrons. The highest BCUT2D eigenvalue weighted by molar-refractivity contribution is 7.99. The second kappa shape index (κ2) is 9.79. The maximum atomic E-state index is 12.4. The molecule has 0 saturated carbocycles. The molecule has 2 aromatic carbocycles. The zero-order valence-electron chi connectivity index (χ0n) is 16.5. The summed E-state index contributed by atoms with van der Waals surface area (Å²) in [5.74, 6) is 0.552. The van der Waals surface area contributed by atoms with Gasteiger partial charge in [-0.2, -0.15) is 0 Å². The Labute approximate surface area is 177 Å². The van der Waals surface area contributed by atoms with Gasteiger partial charge in [0.2, 0.25) is 11.8 Å². The molecule has 1 heterocycles. The third kappa shape index (κ3) is 5.29. The van der Waals surface area contributed by atoms with Crippen LogP contribution in [0.5, 0.6) is 11.5 Å². The number of para-hydroxylation sites is 4. The quantitative estimate of drug-likeness (QED) is 0.373. The Bertz CT molecular complexity index is 1050. The molecule has 10 heteroatoms. The Balaban J connectivity index is 1.56. The summed E-state index contributed by atoms with van der Waals surface area (Å²) in [5.41, 5.74) is 0.914. The monoisotopic (exact) mass is 427 g/mol. The summed E-state index contributed by atoms with van der Waals surface area (Å²) >= 11 is 1.18. The summed E-state index contributed by atoms with van der Waals surface area (Å²) in [6, 6.07) is 13.6. The molecule has 3 rings (SSSR count). The van der Waals surface area contributed by atoms with Gasteiger partial charge in [0.05, 0.1) is 30.7 Å². The molecule has 1 aromatic heterocycles. The van der Waals surface area contributed by atoms with Crippen molar-refractivity contribution in [2.45, 2.75) is 11.6 Å². The van der Waals surface area contributed by atoms with E-state index in [4.69, 9.17) is 4.74 Å². The number of benzene rings is 2. The molecule has 0 spiro atoms. The van der Waals surface area contributed by atoms with Crippen LogP contribution in [0.1, 0.15) is 5.82 Å². The van der Waals surface area contributed by atoms with Crippen LogP contribution in [0.4, 0.5) is 11.4 Å². The van der Waals surface area contributed by atoms with Gasteiger partial charge in [-0.15, -0.1) is 10.2 Å². The lowest BCUT2D eigenvalue weighted by molar-refractivity contribution is -0.116. The van der Waals surface area contributed by atoms with Gasteiger partial charge < -0.3 is 25.0 Å². The van der Waals surface area contributed by atoms with Gasteiger partial charge >= 0.3 is 0 Å².